The van der Waals surface area contributed by atoms with Crippen LogP contribution in [0.25, 0.3) is 0 Å². The Hall–Kier alpha value is -2.86. The molecule has 0 spiro atoms. The number of carbonyl (C=O) groups is 1. The standard InChI is InChI=1S/C25H31N3O3/c1-18-11-13-27(14-12-18)17-25(29)28-23(21-9-4-5-10-24(21)31-3)16-22(26-28)19-7-6-8-20(15-19)30-2/h4-10,15,18,23H,11-14,16-17H2,1-3H3. The Kier molecular flexibility index (Phi) is 6.56. The number of para-hydroxylation sites is 1. The summed E-state index contributed by atoms with van der Waals surface area (Å²) in [4.78, 5) is 15.6. The Morgan fingerprint density at radius 1 is 1.06 bits per heavy atom. The third-order valence-corrected chi connectivity index (χ3v) is 6.30. The number of piperidine rings is 1. The highest BCUT2D eigenvalue weighted by Crippen LogP contribution is 2.37. The van der Waals surface area contributed by atoms with E-state index in [1.807, 2.05) is 48.5 Å². The molecule has 0 saturated carbocycles. The summed E-state index contributed by atoms with van der Waals surface area (Å²) in [6.45, 7) is 4.61. The lowest BCUT2D eigenvalue weighted by Crippen LogP contribution is -2.41. The molecule has 1 amide bonds. The fraction of sp³-hybridized carbons (Fsp3) is 0.440. The molecule has 1 unspecified atom stereocenters. The van der Waals surface area contributed by atoms with Gasteiger partial charge in [0.2, 0.25) is 0 Å². The molecule has 0 N–H and O–H groups in total. The van der Waals surface area contributed by atoms with E-state index >= 15 is 0 Å². The number of nitrogens with zero attached hydrogens (tertiary/aromatic N) is 3. The normalized spacial score (nSPS) is 19.9. The molecule has 6 heteroatoms. The largest absolute Gasteiger partial charge is 0.497 e. The number of hydrogen-bond acceptors (Lipinski definition) is 5. The molecular formula is C25H31N3O3. The van der Waals surface area contributed by atoms with Crippen LogP contribution in [-0.2, 0) is 4.79 Å². The zero-order valence-electron chi connectivity index (χ0n) is 18.6. The van der Waals surface area contributed by atoms with Gasteiger partial charge in [-0.15, -0.1) is 0 Å². The maximum absolute atomic E-state index is 13.4. The highest BCUT2D eigenvalue weighted by Gasteiger charge is 2.35. The van der Waals surface area contributed by atoms with Crippen LogP contribution in [0.2, 0.25) is 0 Å². The number of ether oxygens (including phenoxy) is 2. The van der Waals surface area contributed by atoms with E-state index in [0.717, 1.165) is 60.2 Å². The van der Waals surface area contributed by atoms with Crippen molar-refractivity contribution in [2.75, 3.05) is 33.9 Å². The summed E-state index contributed by atoms with van der Waals surface area (Å²) < 4.78 is 11.0. The zero-order chi connectivity index (χ0) is 21.8. The van der Waals surface area contributed by atoms with Crippen LogP contribution in [0, 0.1) is 5.92 Å². The van der Waals surface area contributed by atoms with E-state index in [-0.39, 0.29) is 11.9 Å². The SMILES string of the molecule is COc1cccc(C2=NN(C(=O)CN3CCC(C)CC3)C(c3ccccc3OC)C2)c1. The summed E-state index contributed by atoms with van der Waals surface area (Å²) in [6, 6.07) is 15.6. The molecule has 31 heavy (non-hydrogen) atoms. The zero-order valence-corrected chi connectivity index (χ0v) is 18.6. The van der Waals surface area contributed by atoms with Crippen molar-refractivity contribution >= 4 is 11.6 Å². The average molecular weight is 422 g/mol. The van der Waals surface area contributed by atoms with Gasteiger partial charge in [0.15, 0.2) is 0 Å². The Bertz CT molecular complexity index is 951. The van der Waals surface area contributed by atoms with Crippen molar-refractivity contribution in [1.29, 1.82) is 0 Å². The van der Waals surface area contributed by atoms with E-state index in [9.17, 15) is 4.79 Å². The van der Waals surface area contributed by atoms with Crippen LogP contribution >= 0.6 is 0 Å². The van der Waals surface area contributed by atoms with Gasteiger partial charge in [0.25, 0.3) is 5.91 Å². The predicted octanol–water partition coefficient (Wildman–Crippen LogP) is 4.11. The van der Waals surface area contributed by atoms with Crippen LogP contribution < -0.4 is 9.47 Å². The number of likely N-dealkylation sites (tertiary alicyclic amines) is 1. The third-order valence-electron chi connectivity index (χ3n) is 6.30. The number of methoxy groups -OCH3 is 2. The van der Waals surface area contributed by atoms with Crippen molar-refractivity contribution in [1.82, 2.24) is 9.91 Å². The summed E-state index contributed by atoms with van der Waals surface area (Å²) in [7, 11) is 3.32. The molecule has 1 saturated heterocycles. The van der Waals surface area contributed by atoms with E-state index in [1.54, 1.807) is 19.2 Å². The first-order valence-corrected chi connectivity index (χ1v) is 11.0. The van der Waals surface area contributed by atoms with Crippen LogP contribution in [0.1, 0.15) is 43.4 Å². The highest BCUT2D eigenvalue weighted by atomic mass is 16.5. The monoisotopic (exact) mass is 421 g/mol. The number of carbonyl (C=O) groups excluding carboxylic acids is 1. The van der Waals surface area contributed by atoms with Crippen LogP contribution in [0.3, 0.4) is 0 Å². The molecular weight excluding hydrogens is 390 g/mol. The maximum Gasteiger partial charge on any atom is 0.257 e. The Balaban J connectivity index is 1.62. The van der Waals surface area contributed by atoms with Gasteiger partial charge < -0.3 is 9.47 Å². The fourth-order valence-corrected chi connectivity index (χ4v) is 4.39. The molecule has 2 aromatic carbocycles. The smallest absolute Gasteiger partial charge is 0.257 e. The van der Waals surface area contributed by atoms with E-state index in [1.165, 1.54) is 0 Å². The van der Waals surface area contributed by atoms with E-state index in [2.05, 4.69) is 11.8 Å². The Morgan fingerprint density at radius 3 is 2.58 bits per heavy atom. The lowest BCUT2D eigenvalue weighted by molar-refractivity contribution is -0.134. The van der Waals surface area contributed by atoms with Crippen molar-refractivity contribution < 1.29 is 14.3 Å². The molecule has 0 radical (unpaired) electrons. The van der Waals surface area contributed by atoms with Gasteiger partial charge in [-0.3, -0.25) is 9.69 Å². The van der Waals surface area contributed by atoms with Crippen LogP contribution in [0.5, 0.6) is 11.5 Å². The molecule has 1 atom stereocenters. The van der Waals surface area contributed by atoms with Crippen LogP contribution in [-0.4, -0.2) is 55.4 Å². The molecule has 0 aromatic heterocycles. The summed E-state index contributed by atoms with van der Waals surface area (Å²) >= 11 is 0. The number of hydrazone groups is 1. The third kappa shape index (κ3) is 4.74. The van der Waals surface area contributed by atoms with E-state index < -0.39 is 0 Å². The lowest BCUT2D eigenvalue weighted by Gasteiger charge is -2.31. The fourth-order valence-electron chi connectivity index (χ4n) is 4.39. The van der Waals surface area contributed by atoms with Gasteiger partial charge in [0, 0.05) is 17.5 Å². The van der Waals surface area contributed by atoms with Gasteiger partial charge in [-0.05, 0) is 50.0 Å². The molecule has 0 bridgehead atoms. The number of rotatable bonds is 6. The maximum atomic E-state index is 13.4. The van der Waals surface area contributed by atoms with Crippen molar-refractivity contribution in [2.45, 2.75) is 32.2 Å². The molecule has 6 nitrogen and oxygen atoms in total. The number of benzene rings is 2. The van der Waals surface area contributed by atoms with Crippen LogP contribution in [0.4, 0.5) is 0 Å². The van der Waals surface area contributed by atoms with Gasteiger partial charge in [-0.25, -0.2) is 5.01 Å². The first-order chi connectivity index (χ1) is 15.1. The molecule has 2 aliphatic heterocycles. The molecule has 164 valence electrons. The molecule has 1 fully saturated rings. The van der Waals surface area contributed by atoms with E-state index in [0.29, 0.717) is 13.0 Å². The van der Waals surface area contributed by atoms with Gasteiger partial charge in [0.05, 0.1) is 32.5 Å². The number of amides is 1. The molecule has 0 aliphatic carbocycles. The minimum atomic E-state index is -0.187. The summed E-state index contributed by atoms with van der Waals surface area (Å²) in [6.07, 6.45) is 2.92. The highest BCUT2D eigenvalue weighted by molar-refractivity contribution is 6.03. The van der Waals surface area contributed by atoms with Gasteiger partial charge >= 0.3 is 0 Å². The second-order valence-corrected chi connectivity index (χ2v) is 8.44. The van der Waals surface area contributed by atoms with Gasteiger partial charge in [0.1, 0.15) is 11.5 Å². The minimum Gasteiger partial charge on any atom is -0.497 e. The minimum absolute atomic E-state index is 0.0309. The Morgan fingerprint density at radius 2 is 1.84 bits per heavy atom. The van der Waals surface area contributed by atoms with E-state index in [4.69, 9.17) is 14.6 Å². The van der Waals surface area contributed by atoms with Crippen molar-refractivity contribution in [2.24, 2.45) is 11.0 Å². The van der Waals surface area contributed by atoms with Crippen molar-refractivity contribution in [3.8, 4) is 11.5 Å². The summed E-state index contributed by atoms with van der Waals surface area (Å²) in [5.41, 5.74) is 2.84. The molecule has 2 aromatic rings. The topological polar surface area (TPSA) is 54.4 Å². The number of hydrogen-bond donors (Lipinski definition) is 0. The quantitative estimate of drug-likeness (QED) is 0.704. The average Bonchev–Trinajstić information content (AvgIpc) is 3.26. The summed E-state index contributed by atoms with van der Waals surface area (Å²) in [5.74, 6) is 2.32. The first-order valence-electron chi connectivity index (χ1n) is 11.0. The van der Waals surface area contributed by atoms with Gasteiger partial charge in [-0.1, -0.05) is 37.3 Å². The van der Waals surface area contributed by atoms with Crippen molar-refractivity contribution in [3.05, 3.63) is 59.7 Å². The molecule has 4 rings (SSSR count). The second-order valence-electron chi connectivity index (χ2n) is 8.44. The second kappa shape index (κ2) is 9.52. The molecule has 2 heterocycles. The first kappa shape index (κ1) is 21.4. The summed E-state index contributed by atoms with van der Waals surface area (Å²) in [5, 5.41) is 6.48. The Labute approximate surface area is 184 Å². The van der Waals surface area contributed by atoms with Crippen molar-refractivity contribution in [3.63, 3.8) is 0 Å². The lowest BCUT2D eigenvalue weighted by atomic mass is 9.97. The predicted molar refractivity (Wildman–Crippen MR) is 122 cm³/mol. The van der Waals surface area contributed by atoms with Crippen LogP contribution in [0.15, 0.2) is 53.6 Å². The van der Waals surface area contributed by atoms with Gasteiger partial charge in [-0.2, -0.15) is 5.10 Å². The molecule has 2 aliphatic rings.